The number of nitrogens with zero attached hydrogens (tertiary/aromatic N) is 4. The summed E-state index contributed by atoms with van der Waals surface area (Å²) in [5.74, 6) is 1.87. The van der Waals surface area contributed by atoms with Crippen molar-refractivity contribution in [3.8, 4) is 11.6 Å². The van der Waals surface area contributed by atoms with E-state index < -0.39 is 6.67 Å². The van der Waals surface area contributed by atoms with E-state index in [1.807, 2.05) is 13.0 Å². The van der Waals surface area contributed by atoms with Crippen LogP contribution in [0.2, 0.25) is 0 Å². The number of ether oxygens (including phenoxy) is 1. The van der Waals surface area contributed by atoms with Crippen LogP contribution >= 0.6 is 0 Å². The fourth-order valence-electron chi connectivity index (χ4n) is 4.84. The summed E-state index contributed by atoms with van der Waals surface area (Å²) in [6.45, 7) is 15.9. The monoisotopic (exact) mass is 550 g/mol. The molecule has 40 heavy (non-hydrogen) atoms. The molecule has 2 atom stereocenters. The molecule has 0 saturated carbocycles. The van der Waals surface area contributed by atoms with Gasteiger partial charge in [0.15, 0.2) is 0 Å². The Balaban J connectivity index is 0.000000276. The van der Waals surface area contributed by atoms with E-state index in [2.05, 4.69) is 98.1 Å². The average molecular weight is 551 g/mol. The fraction of sp³-hybridized carbons (Fsp3) is 0.455. The molecule has 4 heterocycles. The predicted octanol–water partition coefficient (Wildman–Crippen LogP) is 7.07. The standard InChI is InChI=1S/C17H23FN2O.C15H20N2O.CH4/c1-12-9-16(11-15(4)21-8-7-18)19-17(10-12)20-13(2)5-6-14(20)3;1-10-7-14(9-13(4)18)16-15(8-10)17-11(2)5-6-12(17)3;/h5-6,9-10,15H,7-8,11H2,1-4H3;5-8,13,18H,9H2,1-4H3;1H4. The van der Waals surface area contributed by atoms with Gasteiger partial charge in [-0.05, 0) is 115 Å². The second kappa shape index (κ2) is 14.9. The summed E-state index contributed by atoms with van der Waals surface area (Å²) in [4.78, 5) is 9.38. The number of aliphatic hydroxyl groups excluding tert-OH is 1. The Morgan fingerprint density at radius 2 is 1.12 bits per heavy atom. The van der Waals surface area contributed by atoms with Crippen molar-refractivity contribution in [1.29, 1.82) is 0 Å². The first-order valence-electron chi connectivity index (χ1n) is 13.6. The van der Waals surface area contributed by atoms with Crippen molar-refractivity contribution >= 4 is 0 Å². The van der Waals surface area contributed by atoms with Crippen molar-refractivity contribution in [3.63, 3.8) is 0 Å². The molecule has 0 saturated heterocycles. The second-order valence-corrected chi connectivity index (χ2v) is 10.5. The largest absolute Gasteiger partial charge is 0.393 e. The number of halogens is 1. The van der Waals surface area contributed by atoms with Crippen LogP contribution in [-0.4, -0.2) is 49.7 Å². The first-order valence-corrected chi connectivity index (χ1v) is 13.6. The maximum atomic E-state index is 12.2. The maximum absolute atomic E-state index is 12.2. The quantitative estimate of drug-likeness (QED) is 0.242. The SMILES string of the molecule is C.Cc1cc(CC(C)O)nc(-n2c(C)ccc2C)c1.Cc1cc(CC(C)OCCF)nc(-n2c(C)ccc2C)c1. The first kappa shape index (κ1) is 32.9. The summed E-state index contributed by atoms with van der Waals surface area (Å²) in [7, 11) is 0. The highest BCUT2D eigenvalue weighted by Crippen LogP contribution is 2.19. The molecule has 6 nitrogen and oxygen atoms in total. The van der Waals surface area contributed by atoms with Crippen LogP contribution < -0.4 is 0 Å². The summed E-state index contributed by atoms with van der Waals surface area (Å²) in [6, 6.07) is 16.6. The number of rotatable bonds is 9. The van der Waals surface area contributed by atoms with Gasteiger partial charge in [0.25, 0.3) is 0 Å². The molecule has 0 aliphatic rings. The maximum Gasteiger partial charge on any atom is 0.137 e. The van der Waals surface area contributed by atoms with Crippen LogP contribution in [0.1, 0.15) is 66.6 Å². The van der Waals surface area contributed by atoms with Crippen LogP contribution in [0.15, 0.2) is 48.5 Å². The van der Waals surface area contributed by atoms with Gasteiger partial charge >= 0.3 is 0 Å². The van der Waals surface area contributed by atoms with Gasteiger partial charge in [0, 0.05) is 47.0 Å². The lowest BCUT2D eigenvalue weighted by atomic mass is 10.1. The summed E-state index contributed by atoms with van der Waals surface area (Å²) in [5, 5.41) is 9.48. The minimum absolute atomic E-state index is 0. The van der Waals surface area contributed by atoms with Gasteiger partial charge in [-0.15, -0.1) is 0 Å². The number of hydrogen-bond donors (Lipinski definition) is 1. The normalized spacial score (nSPS) is 12.3. The number of aliphatic hydroxyl groups is 1. The van der Waals surface area contributed by atoms with Gasteiger partial charge in [-0.25, -0.2) is 14.4 Å². The molecular weight excluding hydrogens is 503 g/mol. The van der Waals surface area contributed by atoms with Crippen molar-refractivity contribution < 1.29 is 14.2 Å². The molecule has 0 aromatic carbocycles. The van der Waals surface area contributed by atoms with E-state index in [-0.39, 0.29) is 26.2 Å². The zero-order valence-electron chi connectivity index (χ0n) is 24.6. The molecule has 0 aliphatic heterocycles. The van der Waals surface area contributed by atoms with Crippen LogP contribution in [-0.2, 0) is 17.6 Å². The van der Waals surface area contributed by atoms with Gasteiger partial charge < -0.3 is 19.0 Å². The van der Waals surface area contributed by atoms with E-state index in [0.717, 1.165) is 23.0 Å². The minimum Gasteiger partial charge on any atom is -0.393 e. The van der Waals surface area contributed by atoms with E-state index in [0.29, 0.717) is 12.8 Å². The minimum atomic E-state index is -0.446. The first-order chi connectivity index (χ1) is 18.5. The summed E-state index contributed by atoms with van der Waals surface area (Å²) >= 11 is 0. The zero-order valence-corrected chi connectivity index (χ0v) is 24.6. The molecular formula is C33H47FN4O2. The molecule has 0 spiro atoms. The molecule has 0 aliphatic carbocycles. The number of aryl methyl sites for hydroxylation is 6. The van der Waals surface area contributed by atoms with E-state index in [4.69, 9.17) is 9.72 Å². The van der Waals surface area contributed by atoms with Gasteiger partial charge in [-0.3, -0.25) is 0 Å². The Hall–Kier alpha value is -3.29. The third-order valence-corrected chi connectivity index (χ3v) is 6.50. The van der Waals surface area contributed by atoms with Gasteiger partial charge in [0.2, 0.25) is 0 Å². The van der Waals surface area contributed by atoms with Gasteiger partial charge in [-0.1, -0.05) is 7.43 Å². The molecule has 2 unspecified atom stereocenters. The van der Waals surface area contributed by atoms with Crippen LogP contribution in [0, 0.1) is 41.5 Å². The molecule has 0 amide bonds. The molecule has 7 heteroatoms. The van der Waals surface area contributed by atoms with Crippen molar-refractivity contribution in [2.45, 2.75) is 87.9 Å². The number of aromatic nitrogens is 4. The molecule has 4 aromatic heterocycles. The number of pyridine rings is 2. The number of hydrogen-bond acceptors (Lipinski definition) is 4. The third-order valence-electron chi connectivity index (χ3n) is 6.50. The van der Waals surface area contributed by atoms with Crippen molar-refractivity contribution in [2.24, 2.45) is 0 Å². The lowest BCUT2D eigenvalue weighted by Gasteiger charge is -2.14. The smallest absolute Gasteiger partial charge is 0.137 e. The lowest BCUT2D eigenvalue weighted by molar-refractivity contribution is 0.0560. The Kier molecular flexibility index (Phi) is 12.3. The topological polar surface area (TPSA) is 65.1 Å². The lowest BCUT2D eigenvalue weighted by Crippen LogP contribution is -2.15. The Morgan fingerprint density at radius 1 is 0.725 bits per heavy atom. The summed E-state index contributed by atoms with van der Waals surface area (Å²) in [6.07, 6.45) is 0.885. The van der Waals surface area contributed by atoms with Crippen LogP contribution in [0.25, 0.3) is 11.6 Å². The molecule has 0 bridgehead atoms. The Labute approximate surface area is 239 Å². The predicted molar refractivity (Wildman–Crippen MR) is 163 cm³/mol. The second-order valence-electron chi connectivity index (χ2n) is 10.5. The van der Waals surface area contributed by atoms with Crippen molar-refractivity contribution in [2.75, 3.05) is 13.3 Å². The summed E-state index contributed by atoms with van der Waals surface area (Å²) in [5.41, 5.74) is 8.93. The van der Waals surface area contributed by atoms with Gasteiger partial charge in [-0.2, -0.15) is 0 Å². The Morgan fingerprint density at radius 3 is 1.50 bits per heavy atom. The molecule has 218 valence electrons. The molecule has 0 radical (unpaired) electrons. The van der Waals surface area contributed by atoms with Crippen molar-refractivity contribution in [1.82, 2.24) is 19.1 Å². The van der Waals surface area contributed by atoms with Gasteiger partial charge in [0.1, 0.15) is 18.3 Å². The fourth-order valence-corrected chi connectivity index (χ4v) is 4.84. The van der Waals surface area contributed by atoms with Crippen LogP contribution in [0.3, 0.4) is 0 Å². The molecule has 0 fully saturated rings. The third kappa shape index (κ3) is 8.86. The molecule has 4 rings (SSSR count). The van der Waals surface area contributed by atoms with E-state index >= 15 is 0 Å². The van der Waals surface area contributed by atoms with E-state index in [1.165, 1.54) is 33.9 Å². The van der Waals surface area contributed by atoms with Gasteiger partial charge in [0.05, 0.1) is 18.8 Å². The highest BCUT2D eigenvalue weighted by Gasteiger charge is 2.11. The molecule has 4 aromatic rings. The highest BCUT2D eigenvalue weighted by atomic mass is 19.1. The number of alkyl halides is 1. The Bertz CT molecular complexity index is 1330. The van der Waals surface area contributed by atoms with E-state index in [1.54, 1.807) is 6.92 Å². The highest BCUT2D eigenvalue weighted by molar-refractivity contribution is 5.37. The van der Waals surface area contributed by atoms with Crippen LogP contribution in [0.5, 0.6) is 0 Å². The van der Waals surface area contributed by atoms with Crippen LogP contribution in [0.4, 0.5) is 4.39 Å². The summed E-state index contributed by atoms with van der Waals surface area (Å²) < 4.78 is 21.8. The average Bonchev–Trinajstić information content (AvgIpc) is 3.36. The zero-order chi connectivity index (χ0) is 28.7. The van der Waals surface area contributed by atoms with Crippen molar-refractivity contribution in [3.05, 3.63) is 93.8 Å². The molecule has 1 N–H and O–H groups in total. The van der Waals surface area contributed by atoms with E-state index in [9.17, 15) is 9.50 Å².